The highest BCUT2D eigenvalue weighted by Crippen LogP contribution is 2.43. The van der Waals surface area contributed by atoms with Crippen LogP contribution in [0.3, 0.4) is 0 Å². The van der Waals surface area contributed by atoms with Crippen LogP contribution in [-0.4, -0.2) is 9.38 Å². The molecule has 2 aromatic carbocycles. The minimum atomic E-state index is -0.0499. The summed E-state index contributed by atoms with van der Waals surface area (Å²) in [6, 6.07) is 11.6. The van der Waals surface area contributed by atoms with Crippen LogP contribution < -0.4 is 4.57 Å². The molecule has 156 valence electrons. The third-order valence-corrected chi connectivity index (χ3v) is 7.70. The number of hydrogen-bond donors (Lipinski definition) is 0. The van der Waals surface area contributed by atoms with Gasteiger partial charge in [-0.1, -0.05) is 46.8 Å². The lowest BCUT2D eigenvalue weighted by atomic mass is 9.72. The van der Waals surface area contributed by atoms with Gasteiger partial charge in [-0.25, -0.2) is 9.55 Å². The molecule has 30 heavy (non-hydrogen) atoms. The highest BCUT2D eigenvalue weighted by molar-refractivity contribution is 5.97. The zero-order chi connectivity index (χ0) is 21.4. The molecule has 3 nitrogen and oxygen atoms in total. The normalized spacial score (nSPS) is 16.1. The van der Waals surface area contributed by atoms with Crippen LogP contribution in [0.4, 0.5) is 0 Å². The van der Waals surface area contributed by atoms with Crippen LogP contribution in [-0.2, 0) is 17.4 Å². The number of imidazole rings is 1. The molecule has 4 aromatic rings. The first-order chi connectivity index (χ1) is 14.2. The number of aromatic nitrogens is 3. The molecule has 0 unspecified atom stereocenters. The zero-order valence-corrected chi connectivity index (χ0v) is 19.6. The molecular formula is C27H34N3+. The Morgan fingerprint density at radius 3 is 2.43 bits per heavy atom. The third kappa shape index (κ3) is 2.44. The Labute approximate surface area is 179 Å². The topological polar surface area (TPSA) is 21.2 Å². The SMILES string of the molecule is CCC1(CC)CC[n+]2c3cc(C)c(C)cc3n3c(C(C)(C)C)nc4cccc1c4c32. The van der Waals surface area contributed by atoms with E-state index >= 15 is 0 Å². The van der Waals surface area contributed by atoms with Gasteiger partial charge >= 0.3 is 0 Å². The lowest BCUT2D eigenvalue weighted by Crippen LogP contribution is -2.36. The maximum atomic E-state index is 5.31. The van der Waals surface area contributed by atoms with Crippen LogP contribution in [0.5, 0.6) is 0 Å². The van der Waals surface area contributed by atoms with Crippen molar-refractivity contribution in [2.24, 2.45) is 0 Å². The second-order valence-electron chi connectivity index (χ2n) is 10.4. The van der Waals surface area contributed by atoms with Crippen molar-refractivity contribution in [2.45, 2.75) is 85.1 Å². The molecule has 1 aliphatic rings. The number of rotatable bonds is 2. The lowest BCUT2D eigenvalue weighted by molar-refractivity contribution is -0.646. The monoisotopic (exact) mass is 400 g/mol. The largest absolute Gasteiger partial charge is 0.298 e. The van der Waals surface area contributed by atoms with Crippen molar-refractivity contribution in [2.75, 3.05) is 0 Å². The number of benzene rings is 2. The van der Waals surface area contributed by atoms with E-state index in [1.807, 2.05) is 0 Å². The van der Waals surface area contributed by atoms with E-state index in [9.17, 15) is 0 Å². The Kier molecular flexibility index (Phi) is 4.10. The van der Waals surface area contributed by atoms with Crippen LogP contribution >= 0.6 is 0 Å². The molecule has 0 radical (unpaired) electrons. The van der Waals surface area contributed by atoms with Gasteiger partial charge in [0, 0.05) is 5.41 Å². The maximum absolute atomic E-state index is 5.31. The molecule has 3 heteroatoms. The Bertz CT molecular complexity index is 1310. The lowest BCUT2D eigenvalue weighted by Gasteiger charge is -2.31. The first-order valence-electron chi connectivity index (χ1n) is 11.5. The quantitative estimate of drug-likeness (QED) is 0.362. The first kappa shape index (κ1) is 19.5. The van der Waals surface area contributed by atoms with E-state index in [1.165, 1.54) is 45.2 Å². The highest BCUT2D eigenvalue weighted by Gasteiger charge is 2.40. The van der Waals surface area contributed by atoms with Gasteiger partial charge < -0.3 is 0 Å². The summed E-state index contributed by atoms with van der Waals surface area (Å²) in [5, 5.41) is 1.36. The molecule has 0 bridgehead atoms. The van der Waals surface area contributed by atoms with Gasteiger partial charge in [-0.2, -0.15) is 4.40 Å². The van der Waals surface area contributed by atoms with Crippen LogP contribution in [0.25, 0.3) is 27.6 Å². The molecule has 2 aromatic heterocycles. The smallest absolute Gasteiger partial charge is 0.222 e. The highest BCUT2D eigenvalue weighted by atomic mass is 15.2. The van der Waals surface area contributed by atoms with E-state index in [2.05, 4.69) is 87.8 Å². The second-order valence-corrected chi connectivity index (χ2v) is 10.4. The molecule has 0 saturated carbocycles. The van der Waals surface area contributed by atoms with Gasteiger partial charge in [-0.05, 0) is 73.4 Å². The fraction of sp³-hybridized carbons (Fsp3) is 0.481. The van der Waals surface area contributed by atoms with Crippen molar-refractivity contribution in [3.63, 3.8) is 0 Å². The maximum Gasteiger partial charge on any atom is 0.298 e. The van der Waals surface area contributed by atoms with Crippen molar-refractivity contribution in [3.8, 4) is 0 Å². The Morgan fingerprint density at radius 1 is 1.07 bits per heavy atom. The number of hydrogen-bond acceptors (Lipinski definition) is 1. The minimum Gasteiger partial charge on any atom is -0.222 e. The summed E-state index contributed by atoms with van der Waals surface area (Å²) < 4.78 is 5.08. The van der Waals surface area contributed by atoms with Crippen molar-refractivity contribution >= 4 is 27.6 Å². The van der Waals surface area contributed by atoms with E-state index in [-0.39, 0.29) is 10.8 Å². The molecule has 0 saturated heterocycles. The summed E-state index contributed by atoms with van der Waals surface area (Å²) in [4.78, 5) is 5.31. The van der Waals surface area contributed by atoms with E-state index in [4.69, 9.17) is 4.98 Å². The standard InChI is InChI=1S/C27H34N3/c1-8-27(9-2)13-14-29-21-15-17(3)18(4)16-22(21)30-24(29)23-19(27)11-10-12-20(23)28-25(30)26(5,6)7/h10-12,15-16H,8-9,13-14H2,1-7H3/q+1. The van der Waals surface area contributed by atoms with Crippen LogP contribution in [0, 0.1) is 13.8 Å². The van der Waals surface area contributed by atoms with Crippen LogP contribution in [0.2, 0.25) is 0 Å². The van der Waals surface area contributed by atoms with E-state index in [1.54, 1.807) is 0 Å². The number of aryl methyl sites for hydroxylation is 3. The number of fused-ring (bicyclic) bond motifs is 3. The fourth-order valence-electron chi connectivity index (χ4n) is 5.64. The Hall–Kier alpha value is -2.42. The molecular weight excluding hydrogens is 366 g/mol. The molecule has 0 fully saturated rings. The third-order valence-electron chi connectivity index (χ3n) is 7.70. The molecule has 0 spiro atoms. The average molecular weight is 401 g/mol. The van der Waals surface area contributed by atoms with Crippen molar-refractivity contribution in [1.29, 1.82) is 0 Å². The van der Waals surface area contributed by atoms with Crippen LogP contribution in [0.15, 0.2) is 30.3 Å². The summed E-state index contributed by atoms with van der Waals surface area (Å²) in [5.41, 5.74) is 9.47. The Balaban J connectivity index is 2.11. The predicted octanol–water partition coefficient (Wildman–Crippen LogP) is 6.30. The summed E-state index contributed by atoms with van der Waals surface area (Å²) >= 11 is 0. The molecule has 0 aliphatic carbocycles. The summed E-state index contributed by atoms with van der Waals surface area (Å²) in [6.07, 6.45) is 3.50. The molecule has 5 rings (SSSR count). The molecule has 3 heterocycles. The summed E-state index contributed by atoms with van der Waals surface area (Å²) in [6.45, 7) is 17.1. The first-order valence-corrected chi connectivity index (χ1v) is 11.5. The van der Waals surface area contributed by atoms with E-state index in [0.717, 1.165) is 30.7 Å². The summed E-state index contributed by atoms with van der Waals surface area (Å²) in [5.74, 6) is 1.15. The van der Waals surface area contributed by atoms with Crippen LogP contribution in [0.1, 0.15) is 76.4 Å². The van der Waals surface area contributed by atoms with E-state index in [0.29, 0.717) is 0 Å². The molecule has 1 aliphatic heterocycles. The van der Waals surface area contributed by atoms with Gasteiger partial charge in [0.05, 0.1) is 17.4 Å². The molecule has 0 amide bonds. The minimum absolute atomic E-state index is 0.0499. The van der Waals surface area contributed by atoms with Crippen molar-refractivity contribution in [3.05, 3.63) is 52.8 Å². The van der Waals surface area contributed by atoms with E-state index < -0.39 is 0 Å². The Morgan fingerprint density at radius 2 is 1.77 bits per heavy atom. The molecule has 0 N–H and O–H groups in total. The fourth-order valence-corrected chi connectivity index (χ4v) is 5.64. The van der Waals surface area contributed by atoms with Crippen molar-refractivity contribution in [1.82, 2.24) is 9.38 Å². The van der Waals surface area contributed by atoms with Gasteiger partial charge in [-0.3, -0.25) is 0 Å². The van der Waals surface area contributed by atoms with Gasteiger partial charge in [0.2, 0.25) is 5.82 Å². The molecule has 0 atom stereocenters. The van der Waals surface area contributed by atoms with Gasteiger partial charge in [-0.15, -0.1) is 0 Å². The average Bonchev–Trinajstić information content (AvgIpc) is 2.92. The zero-order valence-electron chi connectivity index (χ0n) is 19.6. The van der Waals surface area contributed by atoms with Gasteiger partial charge in [0.25, 0.3) is 5.65 Å². The van der Waals surface area contributed by atoms with Gasteiger partial charge in [0.1, 0.15) is 0 Å². The second kappa shape index (κ2) is 6.29. The van der Waals surface area contributed by atoms with Crippen molar-refractivity contribution < 1.29 is 4.57 Å². The number of nitrogens with zero attached hydrogens (tertiary/aromatic N) is 3. The van der Waals surface area contributed by atoms with Gasteiger partial charge in [0.15, 0.2) is 11.0 Å². The predicted molar refractivity (Wildman–Crippen MR) is 125 cm³/mol. The summed E-state index contributed by atoms with van der Waals surface area (Å²) in [7, 11) is 0.